The van der Waals surface area contributed by atoms with Crippen molar-refractivity contribution >= 4 is 5.91 Å². The summed E-state index contributed by atoms with van der Waals surface area (Å²) in [4.78, 5) is 19.5. The molecule has 0 saturated carbocycles. The number of carbonyl (C=O) groups excluding carboxylic acids is 1. The van der Waals surface area contributed by atoms with E-state index in [0.717, 1.165) is 65.6 Å². The monoisotopic (exact) mass is 368 g/mol. The Morgan fingerprint density at radius 2 is 1.73 bits per heavy atom. The van der Waals surface area contributed by atoms with E-state index in [0.29, 0.717) is 19.2 Å². The number of hydrogen-bond acceptors (Lipinski definition) is 6. The van der Waals surface area contributed by atoms with Crippen molar-refractivity contribution in [2.45, 2.75) is 38.3 Å². The number of hydrogen-bond donors (Lipinski definition) is 1. The zero-order chi connectivity index (χ0) is 18.4. The third kappa shape index (κ3) is 5.89. The van der Waals surface area contributed by atoms with Crippen molar-refractivity contribution < 1.29 is 14.3 Å². The molecule has 1 atom stereocenters. The molecule has 3 fully saturated rings. The summed E-state index contributed by atoms with van der Waals surface area (Å²) >= 11 is 0. The van der Waals surface area contributed by atoms with Gasteiger partial charge in [0.15, 0.2) is 0 Å². The summed E-state index contributed by atoms with van der Waals surface area (Å²) in [6, 6.07) is 0. The standard InChI is InChI=1S/C19H36N4O3/c1-19(2,23-9-12-25-13-10-23)16-20-18(24)15-22-7-5-21(6-8-22)14-17-4-3-11-26-17/h17H,3-16H2,1-2H3,(H,20,24). The average molecular weight is 369 g/mol. The van der Waals surface area contributed by atoms with Crippen molar-refractivity contribution in [2.24, 2.45) is 0 Å². The van der Waals surface area contributed by atoms with Gasteiger partial charge in [-0.2, -0.15) is 0 Å². The lowest BCUT2D eigenvalue weighted by atomic mass is 10.0. The summed E-state index contributed by atoms with van der Waals surface area (Å²) in [5.74, 6) is 0.138. The highest BCUT2D eigenvalue weighted by Gasteiger charge is 2.29. The minimum atomic E-state index is -0.0284. The molecule has 1 unspecified atom stereocenters. The van der Waals surface area contributed by atoms with Gasteiger partial charge in [-0.1, -0.05) is 0 Å². The molecule has 7 nitrogen and oxygen atoms in total. The summed E-state index contributed by atoms with van der Waals surface area (Å²) in [5, 5.41) is 3.14. The van der Waals surface area contributed by atoms with Crippen LogP contribution in [0.2, 0.25) is 0 Å². The number of morpholine rings is 1. The smallest absolute Gasteiger partial charge is 0.234 e. The molecule has 3 aliphatic heterocycles. The van der Waals surface area contributed by atoms with Crippen molar-refractivity contribution in [1.29, 1.82) is 0 Å². The van der Waals surface area contributed by atoms with Gasteiger partial charge in [0.2, 0.25) is 5.91 Å². The van der Waals surface area contributed by atoms with Crippen LogP contribution in [-0.4, -0.2) is 111 Å². The summed E-state index contributed by atoms with van der Waals surface area (Å²) in [5.41, 5.74) is -0.0284. The first-order chi connectivity index (χ1) is 12.5. The van der Waals surface area contributed by atoms with Gasteiger partial charge < -0.3 is 14.8 Å². The van der Waals surface area contributed by atoms with Gasteiger partial charge in [-0.3, -0.25) is 19.5 Å². The molecule has 150 valence electrons. The topological polar surface area (TPSA) is 57.3 Å². The van der Waals surface area contributed by atoms with Gasteiger partial charge in [0.1, 0.15) is 0 Å². The molecule has 3 rings (SSSR count). The van der Waals surface area contributed by atoms with Crippen LogP contribution in [0.5, 0.6) is 0 Å². The second-order valence-corrected chi connectivity index (χ2v) is 8.40. The van der Waals surface area contributed by atoms with Crippen LogP contribution in [-0.2, 0) is 14.3 Å². The highest BCUT2D eigenvalue weighted by Crippen LogP contribution is 2.16. The first kappa shape index (κ1) is 20.0. The van der Waals surface area contributed by atoms with Gasteiger partial charge in [0, 0.05) is 64.5 Å². The zero-order valence-electron chi connectivity index (χ0n) is 16.5. The Morgan fingerprint density at radius 1 is 1.04 bits per heavy atom. The number of amides is 1. The van der Waals surface area contributed by atoms with Crippen LogP contribution >= 0.6 is 0 Å². The zero-order valence-corrected chi connectivity index (χ0v) is 16.5. The molecular weight excluding hydrogens is 332 g/mol. The number of rotatable bonds is 7. The second-order valence-electron chi connectivity index (χ2n) is 8.40. The average Bonchev–Trinajstić information content (AvgIpc) is 3.16. The predicted octanol–water partition coefficient (Wildman–Crippen LogP) is 0.0100. The largest absolute Gasteiger partial charge is 0.379 e. The third-order valence-corrected chi connectivity index (χ3v) is 5.90. The molecule has 0 radical (unpaired) electrons. The molecule has 0 aromatic heterocycles. The lowest BCUT2D eigenvalue weighted by Gasteiger charge is -2.41. The van der Waals surface area contributed by atoms with Gasteiger partial charge in [-0.15, -0.1) is 0 Å². The van der Waals surface area contributed by atoms with Crippen LogP contribution in [0, 0.1) is 0 Å². The molecule has 7 heteroatoms. The van der Waals surface area contributed by atoms with Gasteiger partial charge in [-0.25, -0.2) is 0 Å². The second kappa shape index (κ2) is 9.46. The predicted molar refractivity (Wildman–Crippen MR) is 101 cm³/mol. The van der Waals surface area contributed by atoms with Gasteiger partial charge >= 0.3 is 0 Å². The van der Waals surface area contributed by atoms with Crippen LogP contribution in [0.4, 0.5) is 0 Å². The SMILES string of the molecule is CC(C)(CNC(=O)CN1CCN(CC2CCCO2)CC1)N1CCOCC1. The molecule has 0 spiro atoms. The highest BCUT2D eigenvalue weighted by atomic mass is 16.5. The molecule has 26 heavy (non-hydrogen) atoms. The number of nitrogens with one attached hydrogen (secondary N) is 1. The lowest BCUT2D eigenvalue weighted by Crippen LogP contribution is -2.56. The van der Waals surface area contributed by atoms with Gasteiger partial charge in [-0.05, 0) is 26.7 Å². The quantitative estimate of drug-likeness (QED) is 0.683. The van der Waals surface area contributed by atoms with E-state index >= 15 is 0 Å². The van der Waals surface area contributed by atoms with Crippen LogP contribution in [0.25, 0.3) is 0 Å². The number of carbonyl (C=O) groups is 1. The Hall–Kier alpha value is -0.730. The molecule has 3 saturated heterocycles. The highest BCUT2D eigenvalue weighted by molar-refractivity contribution is 5.78. The van der Waals surface area contributed by atoms with Crippen molar-refractivity contribution in [3.05, 3.63) is 0 Å². The fourth-order valence-corrected chi connectivity index (χ4v) is 4.06. The van der Waals surface area contributed by atoms with E-state index in [2.05, 4.69) is 33.9 Å². The Bertz CT molecular complexity index is 440. The number of ether oxygens (including phenoxy) is 2. The Kier molecular flexibility index (Phi) is 7.28. The molecule has 0 aromatic rings. The molecule has 1 N–H and O–H groups in total. The first-order valence-electron chi connectivity index (χ1n) is 10.2. The van der Waals surface area contributed by atoms with Gasteiger partial charge in [0.25, 0.3) is 0 Å². The minimum absolute atomic E-state index is 0.0284. The van der Waals surface area contributed by atoms with Crippen LogP contribution in [0.1, 0.15) is 26.7 Å². The van der Waals surface area contributed by atoms with Crippen LogP contribution < -0.4 is 5.32 Å². The maximum atomic E-state index is 12.4. The normalized spacial score (nSPS) is 26.9. The van der Waals surface area contributed by atoms with E-state index in [-0.39, 0.29) is 11.4 Å². The summed E-state index contributed by atoms with van der Waals surface area (Å²) in [7, 11) is 0. The van der Waals surface area contributed by atoms with E-state index in [1.807, 2.05) is 0 Å². The minimum Gasteiger partial charge on any atom is -0.379 e. The van der Waals surface area contributed by atoms with E-state index in [9.17, 15) is 4.79 Å². The molecule has 3 heterocycles. The molecule has 0 bridgehead atoms. The molecule has 0 aliphatic carbocycles. The Labute approximate surface area is 158 Å². The van der Waals surface area contributed by atoms with Crippen molar-refractivity contribution in [2.75, 3.05) is 78.7 Å². The van der Waals surface area contributed by atoms with E-state index in [1.165, 1.54) is 12.8 Å². The lowest BCUT2D eigenvalue weighted by molar-refractivity contribution is -0.123. The fourth-order valence-electron chi connectivity index (χ4n) is 4.06. The van der Waals surface area contributed by atoms with Crippen molar-refractivity contribution in [3.63, 3.8) is 0 Å². The number of piperazine rings is 1. The summed E-state index contributed by atoms with van der Waals surface area (Å²) < 4.78 is 11.2. The third-order valence-electron chi connectivity index (χ3n) is 5.90. The Morgan fingerprint density at radius 3 is 2.38 bits per heavy atom. The van der Waals surface area contributed by atoms with Crippen molar-refractivity contribution in [3.8, 4) is 0 Å². The number of nitrogens with zero attached hydrogens (tertiary/aromatic N) is 3. The summed E-state index contributed by atoms with van der Waals surface area (Å²) in [6.45, 7) is 15.0. The Balaban J connectivity index is 1.32. The maximum Gasteiger partial charge on any atom is 0.234 e. The van der Waals surface area contributed by atoms with Crippen molar-refractivity contribution in [1.82, 2.24) is 20.0 Å². The first-order valence-corrected chi connectivity index (χ1v) is 10.2. The maximum absolute atomic E-state index is 12.4. The van der Waals surface area contributed by atoms with E-state index < -0.39 is 0 Å². The summed E-state index contributed by atoms with van der Waals surface area (Å²) in [6.07, 6.45) is 2.82. The molecule has 0 aromatic carbocycles. The molecule has 1 amide bonds. The molecular formula is C19H36N4O3. The van der Waals surface area contributed by atoms with E-state index in [4.69, 9.17) is 9.47 Å². The van der Waals surface area contributed by atoms with Crippen LogP contribution in [0.15, 0.2) is 0 Å². The molecule has 3 aliphatic rings. The van der Waals surface area contributed by atoms with E-state index in [1.54, 1.807) is 0 Å². The van der Waals surface area contributed by atoms with Gasteiger partial charge in [0.05, 0.1) is 25.9 Å². The van der Waals surface area contributed by atoms with Crippen LogP contribution in [0.3, 0.4) is 0 Å². The fraction of sp³-hybridized carbons (Fsp3) is 0.947.